The van der Waals surface area contributed by atoms with Gasteiger partial charge in [-0.15, -0.1) is 0 Å². The van der Waals surface area contributed by atoms with Gasteiger partial charge in [0.15, 0.2) is 0 Å². The van der Waals surface area contributed by atoms with Gasteiger partial charge >= 0.3 is 0 Å². The second-order valence-electron chi connectivity index (χ2n) is 8.92. The predicted octanol–water partition coefficient (Wildman–Crippen LogP) is 4.69. The van der Waals surface area contributed by atoms with E-state index >= 15 is 0 Å². The van der Waals surface area contributed by atoms with Crippen molar-refractivity contribution in [2.75, 3.05) is 27.3 Å². The third-order valence-electron chi connectivity index (χ3n) is 6.99. The number of likely N-dealkylation sites (tertiary alicyclic amines) is 1. The van der Waals surface area contributed by atoms with E-state index in [1.807, 2.05) is 60.4 Å². The number of piperidine rings is 1. The number of carbonyl (C=O) groups is 1. The number of carbonyl (C=O) groups excluding carboxylic acids is 1. The summed E-state index contributed by atoms with van der Waals surface area (Å²) in [4.78, 5) is 16.0. The molecule has 35 heavy (non-hydrogen) atoms. The van der Waals surface area contributed by atoms with Gasteiger partial charge in [-0.1, -0.05) is 36.4 Å². The van der Waals surface area contributed by atoms with Crippen molar-refractivity contribution in [3.63, 3.8) is 0 Å². The molecule has 6 nitrogen and oxygen atoms in total. The van der Waals surface area contributed by atoms with Gasteiger partial charge in [0, 0.05) is 25.2 Å². The van der Waals surface area contributed by atoms with Crippen LogP contribution in [-0.2, 0) is 16.9 Å². The second-order valence-corrected chi connectivity index (χ2v) is 8.92. The third kappa shape index (κ3) is 4.67. The third-order valence-corrected chi connectivity index (χ3v) is 6.99. The van der Waals surface area contributed by atoms with Crippen LogP contribution < -0.4 is 14.8 Å². The van der Waals surface area contributed by atoms with Crippen LogP contribution in [0.4, 0.5) is 4.39 Å². The Bertz CT molecular complexity index is 1260. The van der Waals surface area contributed by atoms with E-state index in [1.54, 1.807) is 13.2 Å². The maximum atomic E-state index is 14.0. The molecule has 0 aromatic heterocycles. The number of fused-ring (bicyclic) bond motifs is 1. The molecule has 1 fully saturated rings. The number of ether oxygens (including phenoxy) is 2. The van der Waals surface area contributed by atoms with Gasteiger partial charge in [-0.05, 0) is 54.3 Å². The zero-order valence-corrected chi connectivity index (χ0v) is 20.3. The molecule has 3 aromatic carbocycles. The highest BCUT2D eigenvalue weighted by Gasteiger charge is 2.43. The van der Waals surface area contributed by atoms with E-state index in [-0.39, 0.29) is 12.5 Å². The molecule has 1 saturated heterocycles. The summed E-state index contributed by atoms with van der Waals surface area (Å²) < 4.78 is 25.0. The quantitative estimate of drug-likeness (QED) is 0.537. The van der Waals surface area contributed by atoms with Gasteiger partial charge in [0.2, 0.25) is 5.91 Å². The van der Waals surface area contributed by atoms with E-state index in [9.17, 15) is 14.4 Å². The van der Waals surface area contributed by atoms with Gasteiger partial charge in [0.1, 0.15) is 29.3 Å². The highest BCUT2D eigenvalue weighted by Crippen LogP contribution is 2.35. The summed E-state index contributed by atoms with van der Waals surface area (Å²) in [5, 5.41) is 14.6. The number of hydrogen-bond acceptors (Lipinski definition) is 5. The fourth-order valence-electron chi connectivity index (χ4n) is 4.91. The van der Waals surface area contributed by atoms with Gasteiger partial charge in [0.25, 0.3) is 0 Å². The Hall–Kier alpha value is -3.63. The van der Waals surface area contributed by atoms with Crippen LogP contribution in [0.2, 0.25) is 0 Å². The Labute approximate surface area is 205 Å². The first-order chi connectivity index (χ1) is 16.9. The van der Waals surface area contributed by atoms with Crippen LogP contribution in [0.1, 0.15) is 36.5 Å². The topological polar surface area (TPSA) is 74.6 Å². The predicted molar refractivity (Wildman–Crippen MR) is 133 cm³/mol. The lowest BCUT2D eigenvalue weighted by molar-refractivity contribution is -0.135. The molecule has 182 valence electrons. The molecular formula is C28H30FN3O3. The van der Waals surface area contributed by atoms with E-state index in [2.05, 4.69) is 11.4 Å². The molecule has 1 N–H and O–H groups in total. The van der Waals surface area contributed by atoms with E-state index in [1.165, 1.54) is 7.11 Å². The Morgan fingerprint density at radius 2 is 1.89 bits per heavy atom. The Morgan fingerprint density at radius 1 is 1.14 bits per heavy atom. The van der Waals surface area contributed by atoms with E-state index < -0.39 is 11.7 Å². The Kier molecular flexibility index (Phi) is 7.23. The number of hydrogen-bond donors (Lipinski definition) is 1. The van der Waals surface area contributed by atoms with Crippen molar-refractivity contribution in [2.45, 2.75) is 38.0 Å². The smallest absolute Gasteiger partial charge is 0.245 e. The van der Waals surface area contributed by atoms with Gasteiger partial charge in [-0.2, -0.15) is 5.26 Å². The Morgan fingerprint density at radius 3 is 2.57 bits per heavy atom. The summed E-state index contributed by atoms with van der Waals surface area (Å²) in [5.74, 6) is 0.890. The lowest BCUT2D eigenvalue weighted by atomic mass is 9.86. The summed E-state index contributed by atoms with van der Waals surface area (Å²) >= 11 is 0. The molecule has 7 heteroatoms. The lowest BCUT2D eigenvalue weighted by Gasteiger charge is -2.43. The highest BCUT2D eigenvalue weighted by atomic mass is 19.1. The average Bonchev–Trinajstić information content (AvgIpc) is 2.90. The monoisotopic (exact) mass is 475 g/mol. The molecular weight excluding hydrogens is 445 g/mol. The molecule has 1 aliphatic rings. The van der Waals surface area contributed by atoms with Gasteiger partial charge < -0.3 is 14.8 Å². The summed E-state index contributed by atoms with van der Waals surface area (Å²) in [6.45, 7) is 2.99. The van der Waals surface area contributed by atoms with Crippen molar-refractivity contribution in [1.82, 2.24) is 10.2 Å². The number of alkyl halides is 1. The average molecular weight is 476 g/mol. The normalized spacial score (nSPS) is 16.3. The molecule has 3 aromatic rings. The number of nitrogens with one attached hydrogen (secondary N) is 1. The van der Waals surface area contributed by atoms with Crippen LogP contribution in [0, 0.1) is 11.3 Å². The van der Waals surface area contributed by atoms with Crippen molar-refractivity contribution < 1.29 is 18.7 Å². The minimum absolute atomic E-state index is 0.178. The molecule has 1 amide bonds. The zero-order chi connectivity index (χ0) is 25.0. The van der Waals surface area contributed by atoms with Crippen molar-refractivity contribution in [3.05, 3.63) is 71.3 Å². The van der Waals surface area contributed by atoms with Gasteiger partial charge in [0.05, 0.1) is 19.8 Å². The van der Waals surface area contributed by atoms with Crippen molar-refractivity contribution in [3.8, 4) is 17.6 Å². The van der Waals surface area contributed by atoms with Crippen LogP contribution in [0.3, 0.4) is 0 Å². The molecule has 0 radical (unpaired) electrons. The summed E-state index contributed by atoms with van der Waals surface area (Å²) in [5.41, 5.74) is 0.890. The van der Waals surface area contributed by atoms with Gasteiger partial charge in [-0.25, -0.2) is 4.39 Å². The van der Waals surface area contributed by atoms with Crippen LogP contribution in [0.25, 0.3) is 10.8 Å². The molecule has 0 spiro atoms. The van der Waals surface area contributed by atoms with Crippen LogP contribution in [0.15, 0.2) is 54.6 Å². The molecule has 1 aliphatic heterocycles. The minimum Gasteiger partial charge on any atom is -0.497 e. The number of halogens is 1. The fourth-order valence-corrected chi connectivity index (χ4v) is 4.91. The second kappa shape index (κ2) is 10.3. The first kappa shape index (κ1) is 24.5. The van der Waals surface area contributed by atoms with E-state index in [0.717, 1.165) is 21.9 Å². The van der Waals surface area contributed by atoms with E-state index in [0.29, 0.717) is 43.0 Å². The SMILES string of the molecule is COc1cccc(C(C)(C(=O)NCc2c(OC)c(C#N)cc3ccccc23)N2CCC(F)CC2)c1. The number of benzene rings is 3. The van der Waals surface area contributed by atoms with Crippen LogP contribution >= 0.6 is 0 Å². The molecule has 0 bridgehead atoms. The maximum absolute atomic E-state index is 14.0. The molecule has 0 aliphatic carbocycles. The van der Waals surface area contributed by atoms with Crippen molar-refractivity contribution >= 4 is 16.7 Å². The molecule has 4 rings (SSSR count). The van der Waals surface area contributed by atoms with Crippen LogP contribution in [-0.4, -0.2) is 44.3 Å². The zero-order valence-electron chi connectivity index (χ0n) is 20.3. The molecule has 0 saturated carbocycles. The standard InChI is InChI=1S/C28H30FN3O3/c1-28(32-13-11-22(29)12-14-32,21-8-6-9-23(16-21)34-2)27(33)31-18-25-24-10-5-4-7-19(24)15-20(17-30)26(25)35-3/h4-10,15-16,22H,11-14,18H2,1-3H3,(H,31,33). The number of rotatable bonds is 7. The van der Waals surface area contributed by atoms with E-state index in [4.69, 9.17) is 9.47 Å². The summed E-state index contributed by atoms with van der Waals surface area (Å²) in [7, 11) is 3.11. The lowest BCUT2D eigenvalue weighted by Crippen LogP contribution is -2.56. The van der Waals surface area contributed by atoms with Crippen molar-refractivity contribution in [2.24, 2.45) is 0 Å². The molecule has 1 atom stereocenters. The number of methoxy groups -OCH3 is 2. The number of nitrogens with zero attached hydrogens (tertiary/aromatic N) is 2. The van der Waals surface area contributed by atoms with Crippen molar-refractivity contribution in [1.29, 1.82) is 5.26 Å². The van der Waals surface area contributed by atoms with Crippen LogP contribution in [0.5, 0.6) is 11.5 Å². The minimum atomic E-state index is -1.04. The largest absolute Gasteiger partial charge is 0.497 e. The summed E-state index contributed by atoms with van der Waals surface area (Å²) in [6.07, 6.45) is -0.0846. The highest BCUT2D eigenvalue weighted by molar-refractivity contribution is 5.91. The first-order valence-corrected chi connectivity index (χ1v) is 11.7. The summed E-state index contributed by atoms with van der Waals surface area (Å²) in [6, 6.07) is 19.1. The maximum Gasteiger partial charge on any atom is 0.245 e. The van der Waals surface area contributed by atoms with Gasteiger partial charge in [-0.3, -0.25) is 9.69 Å². The number of nitriles is 1. The Balaban J connectivity index is 1.72. The fraction of sp³-hybridized carbons (Fsp3) is 0.357. The molecule has 1 unspecified atom stereocenters. The first-order valence-electron chi connectivity index (χ1n) is 11.7. The number of amides is 1. The molecule has 1 heterocycles.